The minimum Gasteiger partial charge on any atom is -0.544 e. The molecule has 1 unspecified atom stereocenters. The summed E-state index contributed by atoms with van der Waals surface area (Å²) in [6, 6.07) is 0. The SMILES string of the molecule is CCCCCCCCCCCCCCCCCC(=O)NCC[N+]1(CC(=O)[O-])CCN=C1CCCCCCCCCCCCCCCCC. The maximum absolute atomic E-state index is 12.5. The molecule has 1 aliphatic rings. The molecule has 0 aliphatic carbocycles. The Morgan fingerprint density at radius 2 is 0.958 bits per heavy atom. The maximum atomic E-state index is 12.5. The lowest BCUT2D eigenvalue weighted by molar-refractivity contribution is -0.829. The molecule has 1 rings (SSSR count). The summed E-state index contributed by atoms with van der Waals surface area (Å²) in [5.74, 6) is 0.0761. The number of carboxylic acids is 1. The highest BCUT2D eigenvalue weighted by Crippen LogP contribution is 2.21. The van der Waals surface area contributed by atoms with Crippen LogP contribution in [0.25, 0.3) is 0 Å². The van der Waals surface area contributed by atoms with Gasteiger partial charge >= 0.3 is 0 Å². The summed E-state index contributed by atoms with van der Waals surface area (Å²) in [5.41, 5.74) is 0. The number of nitrogens with zero attached hydrogens (tertiary/aromatic N) is 2. The van der Waals surface area contributed by atoms with E-state index in [1.54, 1.807) is 0 Å². The van der Waals surface area contributed by atoms with Crippen molar-refractivity contribution in [2.75, 3.05) is 32.7 Å². The third-order valence-corrected chi connectivity index (χ3v) is 10.7. The molecule has 0 aromatic heterocycles. The highest BCUT2D eigenvalue weighted by atomic mass is 16.4. The van der Waals surface area contributed by atoms with Crippen molar-refractivity contribution in [3.8, 4) is 0 Å². The molecule has 0 bridgehead atoms. The minimum atomic E-state index is -1.02. The van der Waals surface area contributed by atoms with Crippen LogP contribution in [0.1, 0.15) is 219 Å². The zero-order valence-corrected chi connectivity index (χ0v) is 32.3. The van der Waals surface area contributed by atoms with E-state index in [9.17, 15) is 14.7 Å². The van der Waals surface area contributed by atoms with Gasteiger partial charge in [-0.3, -0.25) is 9.28 Å². The number of carboxylic acid groups (broad SMARTS) is 1. The van der Waals surface area contributed by atoms with Gasteiger partial charge in [0.25, 0.3) is 0 Å². The Bertz CT molecular complexity index is 786. The quantitative estimate of drug-likeness (QED) is 0.0525. The molecule has 6 nitrogen and oxygen atoms in total. The molecule has 0 saturated heterocycles. The minimum absolute atomic E-state index is 0.0352. The largest absolute Gasteiger partial charge is 0.544 e. The second-order valence-corrected chi connectivity index (χ2v) is 15.2. The Morgan fingerprint density at radius 1 is 0.583 bits per heavy atom. The highest BCUT2D eigenvalue weighted by Gasteiger charge is 2.37. The first kappa shape index (κ1) is 44.6. The average molecular weight is 676 g/mol. The normalized spacial score (nSPS) is 16.0. The first-order chi connectivity index (χ1) is 23.5. The lowest BCUT2D eigenvalue weighted by atomic mass is 10.0. The van der Waals surface area contributed by atoms with Crippen LogP contribution in [-0.4, -0.2) is 54.9 Å². The predicted octanol–water partition coefficient (Wildman–Crippen LogP) is 10.6. The number of hydrogen-bond donors (Lipinski definition) is 1. The van der Waals surface area contributed by atoms with Crippen LogP contribution >= 0.6 is 0 Å². The molecule has 0 aromatic carbocycles. The van der Waals surface area contributed by atoms with E-state index >= 15 is 0 Å². The van der Waals surface area contributed by atoms with Crippen molar-refractivity contribution in [3.05, 3.63) is 0 Å². The van der Waals surface area contributed by atoms with Crippen molar-refractivity contribution in [2.45, 2.75) is 219 Å². The molecule has 1 aliphatic heterocycles. The van der Waals surface area contributed by atoms with E-state index in [-0.39, 0.29) is 12.5 Å². The van der Waals surface area contributed by atoms with Crippen molar-refractivity contribution in [3.63, 3.8) is 0 Å². The predicted molar refractivity (Wildman–Crippen MR) is 204 cm³/mol. The van der Waals surface area contributed by atoms with Crippen LogP contribution in [0.15, 0.2) is 4.99 Å². The Morgan fingerprint density at radius 3 is 1.35 bits per heavy atom. The van der Waals surface area contributed by atoms with Gasteiger partial charge in [0.05, 0.1) is 19.1 Å². The summed E-state index contributed by atoms with van der Waals surface area (Å²) in [7, 11) is 0. The van der Waals surface area contributed by atoms with Gasteiger partial charge < -0.3 is 15.2 Å². The van der Waals surface area contributed by atoms with E-state index in [2.05, 4.69) is 19.2 Å². The van der Waals surface area contributed by atoms with E-state index in [1.807, 2.05) is 0 Å². The fraction of sp³-hybridized carbons (Fsp3) is 0.929. The number of carbonyl (C=O) groups is 2. The molecule has 0 saturated carbocycles. The monoisotopic (exact) mass is 676 g/mol. The average Bonchev–Trinajstić information content (AvgIpc) is 3.45. The van der Waals surface area contributed by atoms with Crippen molar-refractivity contribution >= 4 is 17.7 Å². The lowest BCUT2D eigenvalue weighted by Crippen LogP contribution is -2.58. The number of aliphatic imine (C=N–C) groups is 1. The summed E-state index contributed by atoms with van der Waals surface area (Å²) in [5, 5.41) is 14.8. The molecule has 48 heavy (non-hydrogen) atoms. The summed E-state index contributed by atoms with van der Waals surface area (Å²) in [4.78, 5) is 29.0. The lowest BCUT2D eigenvalue weighted by Gasteiger charge is -2.35. The van der Waals surface area contributed by atoms with Gasteiger partial charge in [-0.1, -0.05) is 194 Å². The van der Waals surface area contributed by atoms with Gasteiger partial charge in [0.1, 0.15) is 19.6 Å². The molecule has 1 heterocycles. The number of aliphatic carboxylic acids is 1. The third-order valence-electron chi connectivity index (χ3n) is 10.7. The van der Waals surface area contributed by atoms with E-state index in [1.165, 1.54) is 173 Å². The summed E-state index contributed by atoms with van der Waals surface area (Å²) in [6.07, 6.45) is 41.3. The molecule has 282 valence electrons. The van der Waals surface area contributed by atoms with Gasteiger partial charge in [-0.05, 0) is 12.8 Å². The second kappa shape index (κ2) is 32.8. The van der Waals surface area contributed by atoms with Gasteiger partial charge in [-0.15, -0.1) is 0 Å². The zero-order chi connectivity index (χ0) is 34.8. The molecule has 1 atom stereocenters. The first-order valence-corrected chi connectivity index (χ1v) is 21.4. The number of carbonyl (C=O) groups excluding carboxylic acids is 2. The van der Waals surface area contributed by atoms with E-state index in [0.717, 1.165) is 31.5 Å². The molecule has 6 heteroatoms. The Hall–Kier alpha value is -1.43. The zero-order valence-electron chi connectivity index (χ0n) is 32.3. The van der Waals surface area contributed by atoms with Crippen LogP contribution in [-0.2, 0) is 9.59 Å². The van der Waals surface area contributed by atoms with E-state index < -0.39 is 5.97 Å². The molecular weight excluding hydrogens is 594 g/mol. The number of quaternary nitrogens is 1. The first-order valence-electron chi connectivity index (χ1n) is 21.4. The van der Waals surface area contributed by atoms with Crippen LogP contribution in [0.5, 0.6) is 0 Å². The topological polar surface area (TPSA) is 81.6 Å². The van der Waals surface area contributed by atoms with Crippen LogP contribution in [0.2, 0.25) is 0 Å². The Balaban J connectivity index is 2.07. The molecule has 1 N–H and O–H groups in total. The van der Waals surface area contributed by atoms with Gasteiger partial charge in [0, 0.05) is 12.8 Å². The highest BCUT2D eigenvalue weighted by molar-refractivity contribution is 5.79. The van der Waals surface area contributed by atoms with Crippen LogP contribution < -0.4 is 10.4 Å². The molecule has 0 aromatic rings. The van der Waals surface area contributed by atoms with Gasteiger partial charge in [0.15, 0.2) is 5.84 Å². The number of amidine groups is 1. The van der Waals surface area contributed by atoms with Gasteiger partial charge in [-0.2, -0.15) is 0 Å². The van der Waals surface area contributed by atoms with Crippen LogP contribution in [0, 0.1) is 0 Å². The van der Waals surface area contributed by atoms with Gasteiger partial charge in [0.2, 0.25) is 5.91 Å². The number of rotatable bonds is 37. The smallest absolute Gasteiger partial charge is 0.220 e. The van der Waals surface area contributed by atoms with Crippen molar-refractivity contribution in [1.82, 2.24) is 5.32 Å². The van der Waals surface area contributed by atoms with Crippen LogP contribution in [0.3, 0.4) is 0 Å². The molecule has 1 amide bonds. The fourth-order valence-electron chi connectivity index (χ4n) is 7.51. The second-order valence-electron chi connectivity index (χ2n) is 15.2. The van der Waals surface area contributed by atoms with Gasteiger partial charge in [-0.25, -0.2) is 4.99 Å². The molecule has 0 radical (unpaired) electrons. The van der Waals surface area contributed by atoms with Crippen molar-refractivity contribution in [2.24, 2.45) is 4.99 Å². The summed E-state index contributed by atoms with van der Waals surface area (Å²) < 4.78 is 0.361. The molecule has 0 spiro atoms. The van der Waals surface area contributed by atoms with E-state index in [4.69, 9.17) is 4.99 Å². The number of unbranched alkanes of at least 4 members (excludes halogenated alkanes) is 28. The Labute approximate surface area is 298 Å². The number of amides is 1. The van der Waals surface area contributed by atoms with Crippen molar-refractivity contribution in [1.29, 1.82) is 0 Å². The number of hydrogen-bond acceptors (Lipinski definition) is 4. The summed E-state index contributed by atoms with van der Waals surface area (Å²) >= 11 is 0. The van der Waals surface area contributed by atoms with E-state index in [0.29, 0.717) is 37.1 Å². The maximum Gasteiger partial charge on any atom is 0.220 e. The fourth-order valence-corrected chi connectivity index (χ4v) is 7.51. The molecule has 0 fully saturated rings. The number of nitrogens with one attached hydrogen (secondary N) is 1. The molecular formula is C42H81N3O3. The standard InChI is InChI=1S/C42H81N3O3/c1-3-5-7-9-11-13-15-17-19-21-23-25-27-29-31-33-40-43-35-37-45(40,39-42(47)48)38-36-44-41(46)34-32-30-28-26-24-22-20-18-16-14-12-10-8-6-4-2/h3-39H2,1-2H3,(H-,44,46,47,48). The Kier molecular flexibility index (Phi) is 30.4. The third kappa shape index (κ3) is 25.5. The van der Waals surface area contributed by atoms with Crippen LogP contribution in [0.4, 0.5) is 0 Å². The summed E-state index contributed by atoms with van der Waals surface area (Å²) in [6.45, 7) is 7.00. The van der Waals surface area contributed by atoms with Crippen molar-refractivity contribution < 1.29 is 19.2 Å².